The summed E-state index contributed by atoms with van der Waals surface area (Å²) in [7, 11) is 0. The summed E-state index contributed by atoms with van der Waals surface area (Å²) in [6.45, 7) is 0.663. The molecule has 2 aliphatic carbocycles. The number of rotatable bonds is 6. The summed E-state index contributed by atoms with van der Waals surface area (Å²) in [5.41, 5.74) is 2.76. The van der Waals surface area contributed by atoms with E-state index < -0.39 is 0 Å². The van der Waals surface area contributed by atoms with Crippen molar-refractivity contribution >= 4 is 17.5 Å². The predicted molar refractivity (Wildman–Crippen MR) is 102 cm³/mol. The molecule has 4 nitrogen and oxygen atoms in total. The Morgan fingerprint density at radius 1 is 0.962 bits per heavy atom. The Bertz CT molecular complexity index is 791. The Kier molecular flexibility index (Phi) is 4.49. The van der Waals surface area contributed by atoms with Crippen LogP contribution in [0.3, 0.4) is 0 Å². The van der Waals surface area contributed by atoms with Crippen molar-refractivity contribution in [3.63, 3.8) is 0 Å². The van der Waals surface area contributed by atoms with E-state index in [1.54, 1.807) is 24.3 Å². The van der Waals surface area contributed by atoms with E-state index >= 15 is 0 Å². The van der Waals surface area contributed by atoms with Crippen LogP contribution in [0, 0.1) is 5.92 Å². The molecule has 0 unspecified atom stereocenters. The van der Waals surface area contributed by atoms with Crippen molar-refractivity contribution in [2.24, 2.45) is 5.92 Å². The standard InChI is InChI=1S/C22H24N2O2/c25-20(16-9-11-19(12-10-16)24-21(26)17-7-8-17)23-15-22(13-4-14-22)18-5-2-1-3-6-18/h1-3,5-6,9-12,17H,4,7-8,13-15H2,(H,23,25)(H,24,26). The van der Waals surface area contributed by atoms with Gasteiger partial charge < -0.3 is 10.6 Å². The van der Waals surface area contributed by atoms with Crippen LogP contribution in [-0.2, 0) is 10.2 Å². The fourth-order valence-corrected chi connectivity index (χ4v) is 3.61. The number of anilines is 1. The van der Waals surface area contributed by atoms with E-state index in [0.29, 0.717) is 12.1 Å². The summed E-state index contributed by atoms with van der Waals surface area (Å²) in [4.78, 5) is 24.3. The van der Waals surface area contributed by atoms with Crippen LogP contribution in [-0.4, -0.2) is 18.4 Å². The maximum absolute atomic E-state index is 12.5. The lowest BCUT2D eigenvalue weighted by Crippen LogP contribution is -2.45. The van der Waals surface area contributed by atoms with E-state index in [0.717, 1.165) is 31.4 Å². The predicted octanol–water partition coefficient (Wildman–Crippen LogP) is 3.89. The largest absolute Gasteiger partial charge is 0.351 e. The maximum Gasteiger partial charge on any atom is 0.251 e. The number of nitrogens with one attached hydrogen (secondary N) is 2. The van der Waals surface area contributed by atoms with E-state index in [9.17, 15) is 9.59 Å². The lowest BCUT2D eigenvalue weighted by atomic mass is 9.64. The molecule has 4 rings (SSSR count). The molecule has 134 valence electrons. The zero-order valence-corrected chi connectivity index (χ0v) is 14.8. The van der Waals surface area contributed by atoms with Gasteiger partial charge in [-0.2, -0.15) is 0 Å². The molecule has 0 bridgehead atoms. The SMILES string of the molecule is O=C(NCC1(c2ccccc2)CCC1)c1ccc(NC(=O)C2CC2)cc1. The molecular formula is C22H24N2O2. The quantitative estimate of drug-likeness (QED) is 0.832. The highest BCUT2D eigenvalue weighted by Gasteiger charge is 2.38. The zero-order valence-electron chi connectivity index (χ0n) is 14.8. The molecule has 0 aliphatic heterocycles. The van der Waals surface area contributed by atoms with E-state index in [1.807, 2.05) is 6.07 Å². The third-order valence-electron chi connectivity index (χ3n) is 5.65. The van der Waals surface area contributed by atoms with Gasteiger partial charge in [-0.05, 0) is 55.5 Å². The highest BCUT2D eigenvalue weighted by molar-refractivity contribution is 5.96. The summed E-state index contributed by atoms with van der Waals surface area (Å²) < 4.78 is 0. The van der Waals surface area contributed by atoms with Crippen molar-refractivity contribution in [2.45, 2.75) is 37.5 Å². The molecule has 0 aromatic heterocycles. The van der Waals surface area contributed by atoms with Gasteiger partial charge in [0, 0.05) is 29.1 Å². The molecule has 2 aromatic rings. The first-order valence-corrected chi connectivity index (χ1v) is 9.41. The van der Waals surface area contributed by atoms with Gasteiger partial charge in [-0.25, -0.2) is 0 Å². The summed E-state index contributed by atoms with van der Waals surface area (Å²) in [5, 5.41) is 6.00. The number of hydrogen-bond donors (Lipinski definition) is 2. The van der Waals surface area contributed by atoms with Gasteiger partial charge in [-0.3, -0.25) is 9.59 Å². The van der Waals surface area contributed by atoms with E-state index in [-0.39, 0.29) is 23.1 Å². The molecule has 0 heterocycles. The van der Waals surface area contributed by atoms with Crippen molar-refractivity contribution in [1.82, 2.24) is 5.32 Å². The maximum atomic E-state index is 12.5. The van der Waals surface area contributed by atoms with Crippen molar-refractivity contribution < 1.29 is 9.59 Å². The number of amides is 2. The average molecular weight is 348 g/mol. The molecule has 2 saturated carbocycles. The Morgan fingerprint density at radius 3 is 2.23 bits per heavy atom. The third-order valence-corrected chi connectivity index (χ3v) is 5.65. The molecule has 2 N–H and O–H groups in total. The first-order valence-electron chi connectivity index (χ1n) is 9.41. The van der Waals surface area contributed by atoms with E-state index in [2.05, 4.69) is 34.9 Å². The lowest BCUT2D eigenvalue weighted by molar-refractivity contribution is -0.117. The van der Waals surface area contributed by atoms with Crippen molar-refractivity contribution in [3.8, 4) is 0 Å². The van der Waals surface area contributed by atoms with Crippen LogP contribution in [0.4, 0.5) is 5.69 Å². The Morgan fingerprint density at radius 2 is 1.65 bits per heavy atom. The Labute approximate surface area is 154 Å². The Hall–Kier alpha value is -2.62. The number of carbonyl (C=O) groups excluding carboxylic acids is 2. The molecule has 2 fully saturated rings. The van der Waals surface area contributed by atoms with Crippen LogP contribution >= 0.6 is 0 Å². The monoisotopic (exact) mass is 348 g/mol. The van der Waals surface area contributed by atoms with Crippen LogP contribution in [0.15, 0.2) is 54.6 Å². The molecule has 26 heavy (non-hydrogen) atoms. The summed E-state index contributed by atoms with van der Waals surface area (Å²) in [5.74, 6) is 0.193. The first-order chi connectivity index (χ1) is 12.7. The second-order valence-electron chi connectivity index (χ2n) is 7.52. The van der Waals surface area contributed by atoms with Crippen LogP contribution in [0.1, 0.15) is 48.0 Å². The molecular weight excluding hydrogens is 324 g/mol. The van der Waals surface area contributed by atoms with Gasteiger partial charge in [0.25, 0.3) is 5.91 Å². The van der Waals surface area contributed by atoms with Crippen LogP contribution in [0.25, 0.3) is 0 Å². The minimum absolute atomic E-state index is 0.0627. The highest BCUT2D eigenvalue weighted by Crippen LogP contribution is 2.43. The summed E-state index contributed by atoms with van der Waals surface area (Å²) in [6.07, 6.45) is 5.40. The molecule has 0 saturated heterocycles. The second-order valence-corrected chi connectivity index (χ2v) is 7.52. The minimum atomic E-state index is -0.0627. The van der Waals surface area contributed by atoms with Gasteiger partial charge in [0.1, 0.15) is 0 Å². The van der Waals surface area contributed by atoms with Gasteiger partial charge >= 0.3 is 0 Å². The van der Waals surface area contributed by atoms with E-state index in [4.69, 9.17) is 0 Å². The van der Waals surface area contributed by atoms with Crippen molar-refractivity contribution in [1.29, 1.82) is 0 Å². The zero-order chi connectivity index (χ0) is 18.0. The highest BCUT2D eigenvalue weighted by atomic mass is 16.2. The molecule has 2 aliphatic rings. The van der Waals surface area contributed by atoms with Gasteiger partial charge in [-0.1, -0.05) is 36.8 Å². The lowest BCUT2D eigenvalue weighted by Gasteiger charge is -2.42. The van der Waals surface area contributed by atoms with Gasteiger partial charge in [0.15, 0.2) is 0 Å². The second kappa shape index (κ2) is 6.94. The number of carbonyl (C=O) groups is 2. The van der Waals surface area contributed by atoms with Crippen LogP contribution in [0.2, 0.25) is 0 Å². The van der Waals surface area contributed by atoms with Crippen LogP contribution in [0.5, 0.6) is 0 Å². The first kappa shape index (κ1) is 16.8. The minimum Gasteiger partial charge on any atom is -0.351 e. The van der Waals surface area contributed by atoms with Crippen molar-refractivity contribution in [2.75, 3.05) is 11.9 Å². The smallest absolute Gasteiger partial charge is 0.251 e. The molecule has 0 spiro atoms. The van der Waals surface area contributed by atoms with Crippen LogP contribution < -0.4 is 10.6 Å². The molecule has 2 amide bonds. The van der Waals surface area contributed by atoms with E-state index in [1.165, 1.54) is 12.0 Å². The van der Waals surface area contributed by atoms with Gasteiger partial charge in [-0.15, -0.1) is 0 Å². The fourth-order valence-electron chi connectivity index (χ4n) is 3.61. The third kappa shape index (κ3) is 3.50. The molecule has 2 aromatic carbocycles. The summed E-state index contributed by atoms with van der Waals surface area (Å²) >= 11 is 0. The Balaban J connectivity index is 1.36. The van der Waals surface area contributed by atoms with Gasteiger partial charge in [0.05, 0.1) is 0 Å². The fraction of sp³-hybridized carbons (Fsp3) is 0.364. The summed E-state index contributed by atoms with van der Waals surface area (Å²) in [6, 6.07) is 17.6. The van der Waals surface area contributed by atoms with Gasteiger partial charge in [0.2, 0.25) is 5.91 Å². The molecule has 4 heteroatoms. The molecule has 0 atom stereocenters. The normalized spacial score (nSPS) is 17.8. The number of benzene rings is 2. The number of hydrogen-bond acceptors (Lipinski definition) is 2. The van der Waals surface area contributed by atoms with Crippen molar-refractivity contribution in [3.05, 3.63) is 65.7 Å². The topological polar surface area (TPSA) is 58.2 Å². The molecule has 0 radical (unpaired) electrons. The average Bonchev–Trinajstić information content (AvgIpc) is 3.47.